The van der Waals surface area contributed by atoms with Crippen molar-refractivity contribution in [3.63, 3.8) is 0 Å². The van der Waals surface area contributed by atoms with Gasteiger partial charge in [0.1, 0.15) is 5.82 Å². The SMILES string of the molecule is O=C(CN(Cc1ccccc1F)S(=O)(=O)c1ccc(Cl)cc1)Nc1ccccc1Sc1ccccc1. The maximum atomic E-state index is 14.4. The highest BCUT2D eigenvalue weighted by molar-refractivity contribution is 7.99. The molecule has 0 saturated carbocycles. The molecule has 4 aromatic carbocycles. The molecule has 4 aromatic rings. The third-order valence-corrected chi connectivity index (χ3v) is 8.35. The van der Waals surface area contributed by atoms with Crippen LogP contribution >= 0.6 is 23.4 Å². The summed E-state index contributed by atoms with van der Waals surface area (Å²) in [6, 6.07) is 28.4. The fourth-order valence-corrected chi connectivity index (χ4v) is 5.85. The summed E-state index contributed by atoms with van der Waals surface area (Å²) in [5.41, 5.74) is 0.703. The van der Waals surface area contributed by atoms with E-state index in [1.807, 2.05) is 42.5 Å². The Labute approximate surface area is 219 Å². The van der Waals surface area contributed by atoms with Crippen molar-refractivity contribution in [2.24, 2.45) is 0 Å². The molecule has 36 heavy (non-hydrogen) atoms. The van der Waals surface area contributed by atoms with Crippen LogP contribution in [0.15, 0.2) is 118 Å². The molecule has 184 valence electrons. The molecule has 5 nitrogen and oxygen atoms in total. The summed E-state index contributed by atoms with van der Waals surface area (Å²) in [5.74, 6) is -1.11. The molecule has 0 bridgehead atoms. The van der Waals surface area contributed by atoms with Crippen LogP contribution in [0.4, 0.5) is 10.1 Å². The van der Waals surface area contributed by atoms with Crippen molar-refractivity contribution in [2.45, 2.75) is 21.2 Å². The summed E-state index contributed by atoms with van der Waals surface area (Å²) in [6.07, 6.45) is 0. The Hall–Kier alpha value is -3.17. The fraction of sp³-hybridized carbons (Fsp3) is 0.0741. The predicted octanol–water partition coefficient (Wildman–Crippen LogP) is 6.46. The van der Waals surface area contributed by atoms with Crippen molar-refractivity contribution < 1.29 is 17.6 Å². The zero-order valence-electron chi connectivity index (χ0n) is 19.0. The van der Waals surface area contributed by atoms with Gasteiger partial charge in [0.15, 0.2) is 0 Å². The van der Waals surface area contributed by atoms with Gasteiger partial charge >= 0.3 is 0 Å². The zero-order valence-corrected chi connectivity index (χ0v) is 21.4. The van der Waals surface area contributed by atoms with Crippen LogP contribution in [0, 0.1) is 5.82 Å². The van der Waals surface area contributed by atoms with Crippen LogP contribution < -0.4 is 5.32 Å². The average Bonchev–Trinajstić information content (AvgIpc) is 2.87. The van der Waals surface area contributed by atoms with E-state index < -0.39 is 28.3 Å². The number of rotatable bonds is 9. The lowest BCUT2D eigenvalue weighted by Crippen LogP contribution is -2.37. The van der Waals surface area contributed by atoms with Gasteiger partial charge in [-0.3, -0.25) is 4.79 Å². The molecule has 0 unspecified atom stereocenters. The Morgan fingerprint density at radius 2 is 1.50 bits per heavy atom. The predicted molar refractivity (Wildman–Crippen MR) is 141 cm³/mol. The Morgan fingerprint density at radius 3 is 2.22 bits per heavy atom. The molecule has 4 rings (SSSR count). The van der Waals surface area contributed by atoms with Gasteiger partial charge in [0.25, 0.3) is 0 Å². The van der Waals surface area contributed by atoms with Gasteiger partial charge in [-0.25, -0.2) is 12.8 Å². The first-order valence-electron chi connectivity index (χ1n) is 10.9. The second kappa shape index (κ2) is 11.7. The number of amides is 1. The number of nitrogens with zero attached hydrogens (tertiary/aromatic N) is 1. The van der Waals surface area contributed by atoms with E-state index in [2.05, 4.69) is 5.32 Å². The van der Waals surface area contributed by atoms with E-state index in [0.29, 0.717) is 10.7 Å². The molecule has 1 N–H and O–H groups in total. The van der Waals surface area contributed by atoms with Crippen molar-refractivity contribution in [3.05, 3.63) is 120 Å². The van der Waals surface area contributed by atoms with Crippen molar-refractivity contribution in [2.75, 3.05) is 11.9 Å². The van der Waals surface area contributed by atoms with E-state index in [0.717, 1.165) is 14.1 Å². The van der Waals surface area contributed by atoms with Crippen LogP contribution in [0.1, 0.15) is 5.56 Å². The number of benzene rings is 4. The fourth-order valence-electron chi connectivity index (χ4n) is 3.42. The summed E-state index contributed by atoms with van der Waals surface area (Å²) < 4.78 is 42.2. The molecule has 0 fully saturated rings. The van der Waals surface area contributed by atoms with Gasteiger partial charge in [0.05, 0.1) is 17.1 Å². The monoisotopic (exact) mass is 540 g/mol. The average molecular weight is 541 g/mol. The third-order valence-electron chi connectivity index (χ3n) is 5.21. The Bertz CT molecular complexity index is 1450. The molecule has 0 aliphatic heterocycles. The Kier molecular flexibility index (Phi) is 8.43. The second-order valence-corrected chi connectivity index (χ2v) is 11.3. The van der Waals surface area contributed by atoms with Gasteiger partial charge < -0.3 is 5.32 Å². The maximum Gasteiger partial charge on any atom is 0.243 e. The third kappa shape index (κ3) is 6.53. The number of carbonyl (C=O) groups excluding carboxylic acids is 1. The first kappa shape index (κ1) is 25.9. The van der Waals surface area contributed by atoms with Crippen LogP contribution in [0.5, 0.6) is 0 Å². The molecule has 0 aliphatic rings. The van der Waals surface area contributed by atoms with Gasteiger partial charge in [-0.1, -0.05) is 71.9 Å². The number of anilines is 1. The van der Waals surface area contributed by atoms with Crippen molar-refractivity contribution in [1.82, 2.24) is 4.31 Å². The van der Waals surface area contributed by atoms with Crippen LogP contribution in [0.3, 0.4) is 0 Å². The molecule has 0 radical (unpaired) electrons. The molecule has 0 aromatic heterocycles. The first-order valence-corrected chi connectivity index (χ1v) is 13.6. The number of halogens is 2. The molecule has 0 heterocycles. The van der Waals surface area contributed by atoms with E-state index in [4.69, 9.17) is 11.6 Å². The summed E-state index contributed by atoms with van der Waals surface area (Å²) in [7, 11) is -4.14. The molecule has 0 aliphatic carbocycles. The van der Waals surface area contributed by atoms with E-state index in [1.54, 1.807) is 18.2 Å². The van der Waals surface area contributed by atoms with Crippen LogP contribution in [-0.2, 0) is 21.4 Å². The zero-order chi connectivity index (χ0) is 25.5. The highest BCUT2D eigenvalue weighted by atomic mass is 35.5. The Balaban J connectivity index is 1.59. The van der Waals surface area contributed by atoms with Gasteiger partial charge in [-0.2, -0.15) is 4.31 Å². The van der Waals surface area contributed by atoms with Crippen molar-refractivity contribution >= 4 is 45.0 Å². The first-order chi connectivity index (χ1) is 17.3. The molecular formula is C27H22ClFN2O3S2. The number of hydrogen-bond acceptors (Lipinski definition) is 4. The van der Waals surface area contributed by atoms with Crippen LogP contribution in [-0.4, -0.2) is 25.2 Å². The standard InChI is InChI=1S/C27H22ClFN2O3S2/c28-21-14-16-23(17-15-21)36(33,34)31(18-20-8-4-5-11-24(20)29)19-27(32)30-25-12-6-7-13-26(25)35-22-9-2-1-3-10-22/h1-17H,18-19H2,(H,30,32). The van der Waals surface area contributed by atoms with Gasteiger partial charge in [0.2, 0.25) is 15.9 Å². The van der Waals surface area contributed by atoms with E-state index in [9.17, 15) is 17.6 Å². The lowest BCUT2D eigenvalue weighted by Gasteiger charge is -2.22. The number of hydrogen-bond donors (Lipinski definition) is 1. The van der Waals surface area contributed by atoms with Crippen molar-refractivity contribution in [1.29, 1.82) is 0 Å². The second-order valence-electron chi connectivity index (χ2n) is 7.78. The topological polar surface area (TPSA) is 66.5 Å². The highest BCUT2D eigenvalue weighted by Gasteiger charge is 2.28. The highest BCUT2D eigenvalue weighted by Crippen LogP contribution is 2.33. The smallest absolute Gasteiger partial charge is 0.243 e. The Morgan fingerprint density at radius 1 is 0.861 bits per heavy atom. The van der Waals surface area contributed by atoms with Gasteiger partial charge in [-0.15, -0.1) is 0 Å². The summed E-state index contributed by atoms with van der Waals surface area (Å²) in [6.45, 7) is -0.824. The molecule has 0 atom stereocenters. The largest absolute Gasteiger partial charge is 0.324 e. The van der Waals surface area contributed by atoms with E-state index in [-0.39, 0.29) is 17.0 Å². The van der Waals surface area contributed by atoms with Gasteiger partial charge in [-0.05, 0) is 54.6 Å². The number of para-hydroxylation sites is 1. The summed E-state index contributed by atoms with van der Waals surface area (Å²) in [5, 5.41) is 3.19. The van der Waals surface area contributed by atoms with Crippen molar-refractivity contribution in [3.8, 4) is 0 Å². The molecular weight excluding hydrogens is 519 g/mol. The number of nitrogens with one attached hydrogen (secondary N) is 1. The van der Waals surface area contributed by atoms with Crippen LogP contribution in [0.2, 0.25) is 5.02 Å². The lowest BCUT2D eigenvalue weighted by atomic mass is 10.2. The quantitative estimate of drug-likeness (QED) is 0.264. The maximum absolute atomic E-state index is 14.4. The number of carbonyl (C=O) groups is 1. The normalized spacial score (nSPS) is 11.4. The lowest BCUT2D eigenvalue weighted by molar-refractivity contribution is -0.116. The minimum absolute atomic E-state index is 0.0453. The van der Waals surface area contributed by atoms with Crippen LogP contribution in [0.25, 0.3) is 0 Å². The number of sulfonamides is 1. The minimum Gasteiger partial charge on any atom is -0.324 e. The van der Waals surface area contributed by atoms with Gasteiger partial charge in [0, 0.05) is 26.9 Å². The summed E-state index contributed by atoms with van der Waals surface area (Å²) in [4.78, 5) is 14.8. The summed E-state index contributed by atoms with van der Waals surface area (Å²) >= 11 is 7.39. The molecule has 9 heteroatoms. The van der Waals surface area contributed by atoms with E-state index in [1.165, 1.54) is 54.2 Å². The molecule has 0 spiro atoms. The molecule has 1 amide bonds. The van der Waals surface area contributed by atoms with E-state index >= 15 is 0 Å². The molecule has 0 saturated heterocycles. The minimum atomic E-state index is -4.14.